The molecule has 1 aromatic rings. The summed E-state index contributed by atoms with van der Waals surface area (Å²) in [7, 11) is -3.46. The second kappa shape index (κ2) is 7.17. The lowest BCUT2D eigenvalue weighted by Gasteiger charge is -2.29. The van der Waals surface area contributed by atoms with Gasteiger partial charge in [-0.1, -0.05) is 0 Å². The van der Waals surface area contributed by atoms with Crippen molar-refractivity contribution in [1.29, 1.82) is 0 Å². The van der Waals surface area contributed by atoms with Crippen LogP contribution in [0.4, 0.5) is 5.69 Å². The number of sulfonamides is 1. The smallest absolute Gasteiger partial charge is 0.243 e. The van der Waals surface area contributed by atoms with Gasteiger partial charge in [0, 0.05) is 37.8 Å². The van der Waals surface area contributed by atoms with E-state index in [-0.39, 0.29) is 29.3 Å². The fraction of sp³-hybridized carbons (Fsp3) is 0.533. The first-order valence-electron chi connectivity index (χ1n) is 7.64. The summed E-state index contributed by atoms with van der Waals surface area (Å²) >= 11 is 0. The topological polar surface area (TPSA) is 83.7 Å². The lowest BCUT2D eigenvalue weighted by atomic mass is 10.1. The zero-order valence-electron chi connectivity index (χ0n) is 12.8. The van der Waals surface area contributed by atoms with Crippen LogP contribution in [-0.2, 0) is 14.8 Å². The molecule has 2 saturated heterocycles. The van der Waals surface area contributed by atoms with Crippen molar-refractivity contribution in [2.75, 3.05) is 24.5 Å². The number of hydrogen-bond acceptors (Lipinski definition) is 4. The maximum Gasteiger partial charge on any atom is 0.243 e. The molecule has 6 nitrogen and oxygen atoms in total. The van der Waals surface area contributed by atoms with Gasteiger partial charge in [0.05, 0.1) is 4.90 Å². The number of halogens is 1. The molecule has 23 heavy (non-hydrogen) atoms. The molecule has 2 N–H and O–H groups in total. The summed E-state index contributed by atoms with van der Waals surface area (Å²) in [5.74, 6) is 0.0978. The average Bonchev–Trinajstić information content (AvgIpc) is 2.94. The predicted molar refractivity (Wildman–Crippen MR) is 91.2 cm³/mol. The number of anilines is 1. The Labute approximate surface area is 143 Å². The van der Waals surface area contributed by atoms with Crippen LogP contribution in [-0.4, -0.2) is 44.3 Å². The van der Waals surface area contributed by atoms with E-state index in [9.17, 15) is 13.2 Å². The quantitative estimate of drug-likeness (QED) is 0.882. The lowest BCUT2D eigenvalue weighted by molar-refractivity contribution is -0.117. The SMILES string of the molecule is Cl.NC1CCN(S(=O)(=O)c2ccc(N3CCCC3=O)cc2)CC1. The number of carbonyl (C=O) groups excluding carboxylic acids is 1. The minimum absolute atomic E-state index is 0. The number of nitrogens with zero attached hydrogens (tertiary/aromatic N) is 2. The Hall–Kier alpha value is -1.15. The van der Waals surface area contributed by atoms with Gasteiger partial charge < -0.3 is 10.6 Å². The molecule has 8 heteroatoms. The molecule has 0 unspecified atom stereocenters. The highest BCUT2D eigenvalue weighted by Crippen LogP contribution is 2.25. The molecule has 0 saturated carbocycles. The Morgan fingerprint density at radius 3 is 2.17 bits per heavy atom. The largest absolute Gasteiger partial charge is 0.328 e. The van der Waals surface area contributed by atoms with Gasteiger partial charge >= 0.3 is 0 Å². The number of piperidine rings is 1. The summed E-state index contributed by atoms with van der Waals surface area (Å²) in [6.07, 6.45) is 2.81. The van der Waals surface area contributed by atoms with Gasteiger partial charge in [-0.05, 0) is 43.5 Å². The predicted octanol–water partition coefficient (Wildman–Crippen LogP) is 1.35. The van der Waals surface area contributed by atoms with E-state index in [0.29, 0.717) is 38.9 Å². The molecule has 1 aromatic carbocycles. The summed E-state index contributed by atoms with van der Waals surface area (Å²) in [5.41, 5.74) is 6.59. The van der Waals surface area contributed by atoms with Crippen molar-refractivity contribution in [1.82, 2.24) is 4.31 Å². The third-order valence-electron chi connectivity index (χ3n) is 4.36. The van der Waals surface area contributed by atoms with Crippen LogP contribution in [0.25, 0.3) is 0 Å². The van der Waals surface area contributed by atoms with Gasteiger partial charge in [0.25, 0.3) is 0 Å². The second-order valence-electron chi connectivity index (χ2n) is 5.88. The Bertz CT molecular complexity index is 655. The molecule has 0 aliphatic carbocycles. The standard InChI is InChI=1S/C15H21N3O3S.ClH/c16-12-7-10-17(11-8-12)22(20,21)14-5-3-13(4-6-14)18-9-1-2-15(18)19;/h3-6,12H,1-2,7-11,16H2;1H. The summed E-state index contributed by atoms with van der Waals surface area (Å²) in [6, 6.07) is 6.70. The first-order chi connectivity index (χ1) is 10.5. The van der Waals surface area contributed by atoms with Crippen molar-refractivity contribution in [2.24, 2.45) is 5.73 Å². The maximum absolute atomic E-state index is 12.6. The Morgan fingerprint density at radius 2 is 1.65 bits per heavy atom. The zero-order valence-corrected chi connectivity index (χ0v) is 14.5. The van der Waals surface area contributed by atoms with Gasteiger partial charge in [-0.25, -0.2) is 8.42 Å². The first kappa shape index (κ1) is 18.2. The summed E-state index contributed by atoms with van der Waals surface area (Å²) < 4.78 is 26.7. The monoisotopic (exact) mass is 359 g/mol. The van der Waals surface area contributed by atoms with E-state index >= 15 is 0 Å². The molecule has 128 valence electrons. The second-order valence-corrected chi connectivity index (χ2v) is 7.82. The molecule has 0 aromatic heterocycles. The van der Waals surface area contributed by atoms with Gasteiger partial charge in [0.2, 0.25) is 15.9 Å². The molecule has 0 atom stereocenters. The average molecular weight is 360 g/mol. The van der Waals surface area contributed by atoms with Gasteiger partial charge in [-0.15, -0.1) is 12.4 Å². The van der Waals surface area contributed by atoms with Crippen molar-refractivity contribution in [3.8, 4) is 0 Å². The van der Waals surface area contributed by atoms with Crippen LogP contribution in [0.2, 0.25) is 0 Å². The van der Waals surface area contributed by atoms with Gasteiger partial charge in [-0.2, -0.15) is 4.31 Å². The minimum Gasteiger partial charge on any atom is -0.328 e. The maximum atomic E-state index is 12.6. The van der Waals surface area contributed by atoms with Crippen molar-refractivity contribution in [3.05, 3.63) is 24.3 Å². The third kappa shape index (κ3) is 3.68. The van der Waals surface area contributed by atoms with Crippen LogP contribution < -0.4 is 10.6 Å². The van der Waals surface area contributed by atoms with Gasteiger partial charge in [-0.3, -0.25) is 4.79 Å². The molecular formula is C15H22ClN3O3S. The normalized spacial score (nSPS) is 20.6. The van der Waals surface area contributed by atoms with Gasteiger partial charge in [0.1, 0.15) is 0 Å². The highest BCUT2D eigenvalue weighted by Gasteiger charge is 2.28. The molecular weight excluding hydrogens is 338 g/mol. The van der Waals surface area contributed by atoms with Crippen molar-refractivity contribution < 1.29 is 13.2 Å². The summed E-state index contributed by atoms with van der Waals surface area (Å²) in [4.78, 5) is 13.7. The molecule has 3 rings (SSSR count). The summed E-state index contributed by atoms with van der Waals surface area (Å²) in [6.45, 7) is 1.64. The number of rotatable bonds is 3. The van der Waals surface area contributed by atoms with E-state index in [1.807, 2.05) is 0 Å². The highest BCUT2D eigenvalue weighted by molar-refractivity contribution is 7.89. The van der Waals surface area contributed by atoms with E-state index < -0.39 is 10.0 Å². The first-order valence-corrected chi connectivity index (χ1v) is 9.08. The number of benzene rings is 1. The van der Waals surface area contributed by atoms with Gasteiger partial charge in [0.15, 0.2) is 0 Å². The van der Waals surface area contributed by atoms with E-state index in [2.05, 4.69) is 0 Å². The van der Waals surface area contributed by atoms with Crippen molar-refractivity contribution in [2.45, 2.75) is 36.6 Å². The minimum atomic E-state index is -3.46. The molecule has 1 amide bonds. The zero-order chi connectivity index (χ0) is 15.7. The van der Waals surface area contributed by atoms with Crippen molar-refractivity contribution in [3.63, 3.8) is 0 Å². The number of amides is 1. The van der Waals surface area contributed by atoms with Crippen LogP contribution in [0.15, 0.2) is 29.2 Å². The molecule has 0 radical (unpaired) electrons. The number of nitrogens with two attached hydrogens (primary N) is 1. The summed E-state index contributed by atoms with van der Waals surface area (Å²) in [5, 5.41) is 0. The van der Waals surface area contributed by atoms with Crippen LogP contribution in [0.1, 0.15) is 25.7 Å². The van der Waals surface area contributed by atoms with Crippen LogP contribution >= 0.6 is 12.4 Å². The molecule has 2 aliphatic heterocycles. The highest BCUT2D eigenvalue weighted by atomic mass is 35.5. The van der Waals surface area contributed by atoms with E-state index in [0.717, 1.165) is 12.1 Å². The van der Waals surface area contributed by atoms with Crippen molar-refractivity contribution >= 4 is 34.0 Å². The molecule has 0 bridgehead atoms. The Kier molecular flexibility index (Phi) is 5.67. The molecule has 0 spiro atoms. The van der Waals surface area contributed by atoms with Crippen LogP contribution in [0.5, 0.6) is 0 Å². The van der Waals surface area contributed by atoms with E-state index in [4.69, 9.17) is 5.73 Å². The van der Waals surface area contributed by atoms with Crippen LogP contribution in [0.3, 0.4) is 0 Å². The molecule has 2 fully saturated rings. The number of carbonyl (C=O) groups is 1. The number of hydrogen-bond donors (Lipinski definition) is 1. The lowest BCUT2D eigenvalue weighted by Crippen LogP contribution is -2.42. The molecule has 2 aliphatic rings. The fourth-order valence-electron chi connectivity index (χ4n) is 2.98. The Balaban J connectivity index is 0.00000192. The fourth-order valence-corrected chi connectivity index (χ4v) is 4.45. The molecule has 2 heterocycles. The van der Waals surface area contributed by atoms with E-state index in [1.165, 1.54) is 4.31 Å². The van der Waals surface area contributed by atoms with E-state index in [1.54, 1.807) is 29.2 Å². The third-order valence-corrected chi connectivity index (χ3v) is 6.27. The Morgan fingerprint density at radius 1 is 1.04 bits per heavy atom. The van der Waals surface area contributed by atoms with Crippen LogP contribution in [0, 0.1) is 0 Å².